The molecule has 0 aliphatic carbocycles. The van der Waals surface area contributed by atoms with Crippen molar-refractivity contribution in [3.8, 4) is 5.75 Å². The molecule has 0 unspecified atom stereocenters. The Morgan fingerprint density at radius 1 is 1.00 bits per heavy atom. The minimum Gasteiger partial charge on any atom is -0.492 e. The second-order valence-corrected chi connectivity index (χ2v) is 8.36. The van der Waals surface area contributed by atoms with Crippen LogP contribution in [0, 0.1) is 6.92 Å². The Balaban J connectivity index is 1.65. The molecule has 1 aliphatic rings. The van der Waals surface area contributed by atoms with Crippen LogP contribution in [0.4, 0.5) is 5.69 Å². The lowest BCUT2D eigenvalue weighted by Crippen LogP contribution is -2.48. The summed E-state index contributed by atoms with van der Waals surface area (Å²) in [6, 6.07) is 15.7. The van der Waals surface area contributed by atoms with Gasteiger partial charge in [0.25, 0.3) is 0 Å². The first kappa shape index (κ1) is 19.5. The minimum absolute atomic E-state index is 0.459. The maximum Gasteiger partial charge on any atom is 0.236 e. The van der Waals surface area contributed by atoms with Crippen molar-refractivity contribution in [3.63, 3.8) is 0 Å². The molecule has 0 radical (unpaired) electrons. The quantitative estimate of drug-likeness (QED) is 0.762. The number of rotatable bonds is 6. The van der Waals surface area contributed by atoms with Crippen LogP contribution >= 0.6 is 0 Å². The summed E-state index contributed by atoms with van der Waals surface area (Å²) < 4.78 is 32.5. The summed E-state index contributed by atoms with van der Waals surface area (Å²) in [5.41, 5.74) is 3.05. The lowest BCUT2D eigenvalue weighted by atomic mass is 10.2. The largest absolute Gasteiger partial charge is 0.492 e. The normalized spacial score (nSPS) is 16.0. The molecule has 27 heavy (non-hydrogen) atoms. The topological polar surface area (TPSA) is 49.9 Å². The highest BCUT2D eigenvalue weighted by Gasteiger charge is 2.26. The predicted molar refractivity (Wildman–Crippen MR) is 111 cm³/mol. The van der Waals surface area contributed by atoms with Gasteiger partial charge in [-0.1, -0.05) is 42.0 Å². The number of aryl methyl sites for hydroxylation is 1. The van der Waals surface area contributed by atoms with Crippen LogP contribution < -0.4 is 9.64 Å². The van der Waals surface area contributed by atoms with E-state index in [1.165, 1.54) is 9.71 Å². The number of piperazine rings is 1. The van der Waals surface area contributed by atoms with Crippen LogP contribution in [0.15, 0.2) is 53.9 Å². The van der Waals surface area contributed by atoms with Gasteiger partial charge in [-0.05, 0) is 37.6 Å². The first-order valence-electron chi connectivity index (χ1n) is 9.21. The van der Waals surface area contributed by atoms with E-state index in [1.54, 1.807) is 6.08 Å². The number of benzene rings is 2. The van der Waals surface area contributed by atoms with E-state index in [4.69, 9.17) is 4.74 Å². The molecule has 6 heteroatoms. The molecule has 0 amide bonds. The van der Waals surface area contributed by atoms with Crippen molar-refractivity contribution in [1.82, 2.24) is 4.31 Å². The lowest BCUT2D eigenvalue weighted by molar-refractivity contribution is 0.337. The Labute approximate surface area is 161 Å². The van der Waals surface area contributed by atoms with Gasteiger partial charge in [-0.2, -0.15) is 4.31 Å². The molecule has 0 spiro atoms. The Morgan fingerprint density at radius 3 is 2.33 bits per heavy atom. The predicted octanol–water partition coefficient (Wildman–Crippen LogP) is 3.52. The maximum absolute atomic E-state index is 12.6. The highest BCUT2D eigenvalue weighted by Crippen LogP contribution is 2.29. The molecule has 0 bridgehead atoms. The molecular formula is C21H26N2O3S. The number of anilines is 1. The van der Waals surface area contributed by atoms with Gasteiger partial charge in [-0.15, -0.1) is 0 Å². The Morgan fingerprint density at radius 2 is 1.67 bits per heavy atom. The van der Waals surface area contributed by atoms with Crippen molar-refractivity contribution in [2.75, 3.05) is 37.7 Å². The van der Waals surface area contributed by atoms with Crippen LogP contribution in [0.25, 0.3) is 6.08 Å². The molecule has 2 aromatic carbocycles. The van der Waals surface area contributed by atoms with Crippen molar-refractivity contribution in [3.05, 3.63) is 65.1 Å². The van der Waals surface area contributed by atoms with E-state index in [9.17, 15) is 8.42 Å². The summed E-state index contributed by atoms with van der Waals surface area (Å²) >= 11 is 0. The van der Waals surface area contributed by atoms with E-state index in [0.29, 0.717) is 32.8 Å². The van der Waals surface area contributed by atoms with Crippen LogP contribution in [-0.2, 0) is 10.0 Å². The van der Waals surface area contributed by atoms with Crippen molar-refractivity contribution >= 4 is 21.8 Å². The third-order valence-electron chi connectivity index (χ3n) is 4.61. The van der Waals surface area contributed by atoms with Gasteiger partial charge in [-0.3, -0.25) is 0 Å². The zero-order valence-electron chi connectivity index (χ0n) is 15.8. The molecule has 144 valence electrons. The summed E-state index contributed by atoms with van der Waals surface area (Å²) in [5, 5.41) is 1.31. The first-order valence-corrected chi connectivity index (χ1v) is 10.7. The number of nitrogens with zero attached hydrogens (tertiary/aromatic N) is 2. The van der Waals surface area contributed by atoms with Crippen LogP contribution in [0.1, 0.15) is 18.1 Å². The summed E-state index contributed by atoms with van der Waals surface area (Å²) in [5.74, 6) is 0.843. The van der Waals surface area contributed by atoms with Crippen LogP contribution in [0.3, 0.4) is 0 Å². The van der Waals surface area contributed by atoms with Gasteiger partial charge in [0.2, 0.25) is 10.0 Å². The summed E-state index contributed by atoms with van der Waals surface area (Å²) in [7, 11) is -3.42. The summed E-state index contributed by atoms with van der Waals surface area (Å²) in [6.45, 7) is 6.77. The summed E-state index contributed by atoms with van der Waals surface area (Å²) in [6.07, 6.45) is 1.66. The first-order chi connectivity index (χ1) is 13.0. The van der Waals surface area contributed by atoms with Gasteiger partial charge in [0.1, 0.15) is 5.75 Å². The zero-order chi connectivity index (χ0) is 19.3. The van der Waals surface area contributed by atoms with Crippen LogP contribution in [-0.4, -0.2) is 45.5 Å². The van der Waals surface area contributed by atoms with Crippen molar-refractivity contribution in [1.29, 1.82) is 0 Å². The summed E-state index contributed by atoms with van der Waals surface area (Å²) in [4.78, 5) is 2.18. The van der Waals surface area contributed by atoms with Crippen molar-refractivity contribution < 1.29 is 13.2 Å². The third-order valence-corrected chi connectivity index (χ3v) is 6.18. The molecule has 0 N–H and O–H groups in total. The van der Waals surface area contributed by atoms with Gasteiger partial charge < -0.3 is 9.64 Å². The maximum atomic E-state index is 12.6. The molecule has 1 heterocycles. The lowest BCUT2D eigenvalue weighted by Gasteiger charge is -2.35. The van der Waals surface area contributed by atoms with Crippen LogP contribution in [0.2, 0.25) is 0 Å². The van der Waals surface area contributed by atoms with Crippen molar-refractivity contribution in [2.45, 2.75) is 13.8 Å². The highest BCUT2D eigenvalue weighted by molar-refractivity contribution is 7.92. The van der Waals surface area contributed by atoms with Gasteiger partial charge in [0, 0.05) is 31.6 Å². The number of sulfonamides is 1. The molecule has 0 aromatic heterocycles. The molecule has 1 saturated heterocycles. The monoisotopic (exact) mass is 386 g/mol. The zero-order valence-corrected chi connectivity index (χ0v) is 16.7. The fraction of sp³-hybridized carbons (Fsp3) is 0.333. The van der Waals surface area contributed by atoms with Gasteiger partial charge in [0.05, 0.1) is 12.3 Å². The smallest absolute Gasteiger partial charge is 0.236 e. The fourth-order valence-corrected chi connectivity index (χ4v) is 4.28. The van der Waals surface area contributed by atoms with Crippen molar-refractivity contribution in [2.24, 2.45) is 0 Å². The molecule has 3 rings (SSSR count). The molecule has 0 atom stereocenters. The van der Waals surface area contributed by atoms with E-state index in [2.05, 4.69) is 4.90 Å². The third kappa shape index (κ3) is 4.90. The number of ether oxygens (including phenoxy) is 1. The van der Waals surface area contributed by atoms with E-state index in [-0.39, 0.29) is 0 Å². The van der Waals surface area contributed by atoms with E-state index >= 15 is 0 Å². The van der Waals surface area contributed by atoms with E-state index < -0.39 is 10.0 Å². The molecule has 5 nitrogen and oxygen atoms in total. The highest BCUT2D eigenvalue weighted by atomic mass is 32.2. The molecular weight excluding hydrogens is 360 g/mol. The number of hydrogen-bond donors (Lipinski definition) is 0. The second kappa shape index (κ2) is 8.59. The second-order valence-electron chi connectivity index (χ2n) is 6.55. The SMILES string of the molecule is CCOc1ccccc1N1CCN(S(=O)(=O)/C=C/c2ccc(C)cc2)CC1. The molecule has 2 aromatic rings. The van der Waals surface area contributed by atoms with Crippen LogP contribution in [0.5, 0.6) is 5.75 Å². The van der Waals surface area contributed by atoms with Gasteiger partial charge in [0.15, 0.2) is 0 Å². The molecule has 0 saturated carbocycles. The Kier molecular flexibility index (Phi) is 6.19. The number of para-hydroxylation sites is 2. The van der Waals surface area contributed by atoms with E-state index in [0.717, 1.165) is 22.6 Å². The average molecular weight is 387 g/mol. The van der Waals surface area contributed by atoms with Gasteiger partial charge >= 0.3 is 0 Å². The molecule has 1 aliphatic heterocycles. The van der Waals surface area contributed by atoms with Gasteiger partial charge in [-0.25, -0.2) is 8.42 Å². The number of hydrogen-bond acceptors (Lipinski definition) is 4. The Bertz CT molecular complexity index is 884. The molecule has 1 fully saturated rings. The van der Waals surface area contributed by atoms with E-state index in [1.807, 2.05) is 62.4 Å². The Hall–Kier alpha value is -2.31. The average Bonchev–Trinajstić information content (AvgIpc) is 2.68. The minimum atomic E-state index is -3.42. The standard InChI is InChI=1S/C21H26N2O3S/c1-3-26-21-7-5-4-6-20(21)22-13-15-23(16-14-22)27(24,25)17-12-19-10-8-18(2)9-11-19/h4-12,17H,3,13-16H2,1-2H3/b17-12+. The fourth-order valence-electron chi connectivity index (χ4n) is 3.11.